The molecule has 0 saturated heterocycles. The number of amides is 1. The summed E-state index contributed by atoms with van der Waals surface area (Å²) in [6, 6.07) is 11.5. The molecule has 1 aliphatic heterocycles. The molecule has 22 heavy (non-hydrogen) atoms. The van der Waals surface area contributed by atoms with Gasteiger partial charge in [-0.15, -0.1) is 0 Å². The summed E-state index contributed by atoms with van der Waals surface area (Å²) in [6.07, 6.45) is 1.51. The van der Waals surface area contributed by atoms with Gasteiger partial charge in [-0.05, 0) is 42.0 Å². The summed E-state index contributed by atoms with van der Waals surface area (Å²) in [7, 11) is 0. The van der Waals surface area contributed by atoms with Crippen LogP contribution in [0.5, 0.6) is 17.2 Å². The number of benzene rings is 2. The molecule has 0 aromatic heterocycles. The largest absolute Gasteiger partial charge is 0.508 e. The summed E-state index contributed by atoms with van der Waals surface area (Å²) in [5.41, 5.74) is 3.51. The Hall–Kier alpha value is -3.02. The van der Waals surface area contributed by atoms with E-state index in [0.29, 0.717) is 30.3 Å². The maximum atomic E-state index is 11.8. The first-order chi connectivity index (χ1) is 10.7. The Morgan fingerprint density at radius 1 is 1.14 bits per heavy atom. The van der Waals surface area contributed by atoms with Gasteiger partial charge < -0.3 is 14.6 Å². The van der Waals surface area contributed by atoms with Gasteiger partial charge in [-0.3, -0.25) is 4.79 Å². The first kappa shape index (κ1) is 13.9. The number of phenolic OH excluding ortho intramolecular Hbond substituents is 1. The standard InChI is InChI=1S/C16H14N2O4/c19-13-3-1-2-12(9-13)16(20)18-17-10-11-4-5-14-15(8-11)22-7-6-21-14/h1-5,8-10,19H,6-7H2,(H,18,20). The molecule has 0 saturated carbocycles. The predicted molar refractivity (Wildman–Crippen MR) is 80.6 cm³/mol. The second-order valence-electron chi connectivity index (χ2n) is 4.65. The smallest absolute Gasteiger partial charge is 0.271 e. The van der Waals surface area contributed by atoms with Gasteiger partial charge in [0.05, 0.1) is 6.21 Å². The van der Waals surface area contributed by atoms with Crippen LogP contribution in [0, 0.1) is 0 Å². The lowest BCUT2D eigenvalue weighted by atomic mass is 10.2. The predicted octanol–water partition coefficient (Wildman–Crippen LogP) is 1.93. The molecule has 2 aromatic rings. The van der Waals surface area contributed by atoms with Crippen LogP contribution in [-0.2, 0) is 0 Å². The molecule has 2 aromatic carbocycles. The van der Waals surface area contributed by atoms with Crippen LogP contribution >= 0.6 is 0 Å². The van der Waals surface area contributed by atoms with Gasteiger partial charge in [0.2, 0.25) is 0 Å². The molecule has 0 fully saturated rings. The van der Waals surface area contributed by atoms with Crippen LogP contribution < -0.4 is 14.9 Å². The van der Waals surface area contributed by atoms with Crippen molar-refractivity contribution >= 4 is 12.1 Å². The minimum atomic E-state index is -0.398. The number of hydrazone groups is 1. The van der Waals surface area contributed by atoms with Crippen LogP contribution in [0.2, 0.25) is 0 Å². The number of hydrogen-bond donors (Lipinski definition) is 2. The quantitative estimate of drug-likeness (QED) is 0.670. The Labute approximate surface area is 127 Å². The van der Waals surface area contributed by atoms with Crippen molar-refractivity contribution in [3.8, 4) is 17.2 Å². The molecule has 1 heterocycles. The zero-order valence-electron chi connectivity index (χ0n) is 11.7. The zero-order valence-corrected chi connectivity index (χ0v) is 11.7. The van der Waals surface area contributed by atoms with E-state index in [9.17, 15) is 9.90 Å². The van der Waals surface area contributed by atoms with Gasteiger partial charge in [0.15, 0.2) is 11.5 Å². The highest BCUT2D eigenvalue weighted by atomic mass is 16.6. The van der Waals surface area contributed by atoms with E-state index in [-0.39, 0.29) is 5.75 Å². The molecule has 0 atom stereocenters. The van der Waals surface area contributed by atoms with E-state index in [1.807, 2.05) is 6.07 Å². The Bertz CT molecular complexity index is 728. The van der Waals surface area contributed by atoms with Gasteiger partial charge >= 0.3 is 0 Å². The molecule has 0 spiro atoms. The van der Waals surface area contributed by atoms with Crippen molar-refractivity contribution < 1.29 is 19.4 Å². The summed E-state index contributed by atoms with van der Waals surface area (Å²) in [6.45, 7) is 1.06. The monoisotopic (exact) mass is 298 g/mol. The highest BCUT2D eigenvalue weighted by Gasteiger charge is 2.11. The van der Waals surface area contributed by atoms with Gasteiger partial charge in [0, 0.05) is 5.56 Å². The minimum Gasteiger partial charge on any atom is -0.508 e. The van der Waals surface area contributed by atoms with Crippen LogP contribution in [-0.4, -0.2) is 30.4 Å². The van der Waals surface area contributed by atoms with E-state index in [1.54, 1.807) is 24.3 Å². The molecule has 112 valence electrons. The van der Waals surface area contributed by atoms with E-state index >= 15 is 0 Å². The van der Waals surface area contributed by atoms with E-state index in [4.69, 9.17) is 9.47 Å². The topological polar surface area (TPSA) is 80.2 Å². The zero-order chi connectivity index (χ0) is 15.4. The molecular formula is C16H14N2O4. The second kappa shape index (κ2) is 6.17. The molecule has 3 rings (SSSR count). The van der Waals surface area contributed by atoms with Crippen molar-refractivity contribution in [1.29, 1.82) is 0 Å². The molecule has 2 N–H and O–H groups in total. The first-order valence-electron chi connectivity index (χ1n) is 6.74. The van der Waals surface area contributed by atoms with Crippen LogP contribution in [0.4, 0.5) is 0 Å². The number of hydrogen-bond acceptors (Lipinski definition) is 5. The lowest BCUT2D eigenvalue weighted by Crippen LogP contribution is -2.17. The third-order valence-corrected chi connectivity index (χ3v) is 3.05. The maximum Gasteiger partial charge on any atom is 0.271 e. The fourth-order valence-corrected chi connectivity index (χ4v) is 2.02. The number of phenols is 1. The van der Waals surface area contributed by atoms with Crippen molar-refractivity contribution in [1.82, 2.24) is 5.43 Å². The maximum absolute atomic E-state index is 11.8. The average molecular weight is 298 g/mol. The summed E-state index contributed by atoms with van der Waals surface area (Å²) in [4.78, 5) is 11.8. The molecule has 0 radical (unpaired) electrons. The van der Waals surface area contributed by atoms with E-state index in [0.717, 1.165) is 5.56 Å². The van der Waals surface area contributed by atoms with E-state index in [1.165, 1.54) is 18.3 Å². The number of carbonyl (C=O) groups is 1. The number of nitrogens with one attached hydrogen (secondary N) is 1. The van der Waals surface area contributed by atoms with Crippen molar-refractivity contribution in [3.05, 3.63) is 53.6 Å². The Morgan fingerprint density at radius 3 is 2.77 bits per heavy atom. The number of ether oxygens (including phenoxy) is 2. The van der Waals surface area contributed by atoms with E-state index in [2.05, 4.69) is 10.5 Å². The average Bonchev–Trinajstić information content (AvgIpc) is 2.54. The third kappa shape index (κ3) is 3.17. The minimum absolute atomic E-state index is 0.0310. The SMILES string of the molecule is O=C(NN=Cc1ccc2c(c1)OCCO2)c1cccc(O)c1. The number of carbonyl (C=O) groups excluding carboxylic acids is 1. The molecule has 0 unspecified atom stereocenters. The number of fused-ring (bicyclic) bond motifs is 1. The lowest BCUT2D eigenvalue weighted by Gasteiger charge is -2.18. The summed E-state index contributed by atoms with van der Waals surface area (Å²) in [5, 5.41) is 13.2. The summed E-state index contributed by atoms with van der Waals surface area (Å²) < 4.78 is 10.9. The first-order valence-corrected chi connectivity index (χ1v) is 6.74. The number of aromatic hydroxyl groups is 1. The fourth-order valence-electron chi connectivity index (χ4n) is 2.02. The second-order valence-corrected chi connectivity index (χ2v) is 4.65. The van der Waals surface area contributed by atoms with Crippen molar-refractivity contribution in [2.75, 3.05) is 13.2 Å². The molecule has 1 amide bonds. The van der Waals surface area contributed by atoms with Gasteiger partial charge in [-0.25, -0.2) is 5.43 Å². The van der Waals surface area contributed by atoms with Crippen molar-refractivity contribution in [3.63, 3.8) is 0 Å². The van der Waals surface area contributed by atoms with Crippen LogP contribution in [0.3, 0.4) is 0 Å². The summed E-state index contributed by atoms with van der Waals surface area (Å²) in [5.74, 6) is 0.995. The van der Waals surface area contributed by atoms with Gasteiger partial charge in [0.25, 0.3) is 5.91 Å². The highest BCUT2D eigenvalue weighted by Crippen LogP contribution is 2.30. The van der Waals surface area contributed by atoms with Crippen molar-refractivity contribution in [2.24, 2.45) is 5.10 Å². The number of nitrogens with zero attached hydrogens (tertiary/aromatic N) is 1. The molecule has 6 nitrogen and oxygen atoms in total. The van der Waals surface area contributed by atoms with Crippen LogP contribution in [0.25, 0.3) is 0 Å². The normalized spacial score (nSPS) is 13.1. The Balaban J connectivity index is 1.66. The van der Waals surface area contributed by atoms with Gasteiger partial charge in [-0.1, -0.05) is 6.07 Å². The molecule has 0 aliphatic carbocycles. The van der Waals surface area contributed by atoms with Gasteiger partial charge in [-0.2, -0.15) is 5.10 Å². The Morgan fingerprint density at radius 2 is 1.95 bits per heavy atom. The number of rotatable bonds is 3. The fraction of sp³-hybridized carbons (Fsp3) is 0.125. The highest BCUT2D eigenvalue weighted by molar-refractivity contribution is 5.95. The Kier molecular flexibility index (Phi) is 3.91. The van der Waals surface area contributed by atoms with Crippen LogP contribution in [0.1, 0.15) is 15.9 Å². The molecular weight excluding hydrogens is 284 g/mol. The molecule has 0 bridgehead atoms. The van der Waals surface area contributed by atoms with Crippen LogP contribution in [0.15, 0.2) is 47.6 Å². The molecule has 1 aliphatic rings. The lowest BCUT2D eigenvalue weighted by molar-refractivity contribution is 0.0954. The van der Waals surface area contributed by atoms with Crippen molar-refractivity contribution in [2.45, 2.75) is 0 Å². The molecule has 6 heteroatoms. The summed E-state index contributed by atoms with van der Waals surface area (Å²) >= 11 is 0. The van der Waals surface area contributed by atoms with E-state index < -0.39 is 5.91 Å². The third-order valence-electron chi connectivity index (χ3n) is 3.05. The van der Waals surface area contributed by atoms with Gasteiger partial charge in [0.1, 0.15) is 19.0 Å².